The molecule has 0 aliphatic rings. The number of hydrogen-bond acceptors (Lipinski definition) is 3. The molecule has 0 spiro atoms. The van der Waals surface area contributed by atoms with Crippen LogP contribution in [0.3, 0.4) is 0 Å². The van der Waals surface area contributed by atoms with E-state index in [1.165, 1.54) is 0 Å². The van der Waals surface area contributed by atoms with Crippen molar-refractivity contribution in [2.75, 3.05) is 13.2 Å². The van der Waals surface area contributed by atoms with Gasteiger partial charge in [0.15, 0.2) is 0 Å². The Morgan fingerprint density at radius 1 is 1.16 bits per heavy atom. The fourth-order valence-corrected chi connectivity index (χ4v) is 2.04. The number of rotatable bonds is 8. The predicted octanol–water partition coefficient (Wildman–Crippen LogP) is 3.92. The van der Waals surface area contributed by atoms with Crippen molar-refractivity contribution >= 4 is 5.97 Å². The van der Waals surface area contributed by atoms with Crippen LogP contribution in [0, 0.1) is 0 Å². The average Bonchev–Trinajstić information content (AvgIpc) is 2.43. The number of benzene rings is 1. The maximum Gasteiger partial charge on any atom is 0.313 e. The van der Waals surface area contributed by atoms with Gasteiger partial charge in [-0.1, -0.05) is 38.5 Å². The van der Waals surface area contributed by atoms with E-state index >= 15 is 0 Å². The number of esters is 1. The van der Waals surface area contributed by atoms with Gasteiger partial charge in [0.2, 0.25) is 0 Å². The van der Waals surface area contributed by atoms with Crippen LogP contribution in [-0.2, 0) is 9.53 Å². The summed E-state index contributed by atoms with van der Waals surface area (Å²) in [6.07, 6.45) is 2.67. The van der Waals surface area contributed by atoms with Gasteiger partial charge < -0.3 is 9.47 Å². The molecule has 1 unspecified atom stereocenters. The smallest absolute Gasteiger partial charge is 0.313 e. The van der Waals surface area contributed by atoms with Crippen LogP contribution in [0.25, 0.3) is 0 Å². The lowest BCUT2D eigenvalue weighted by atomic mass is 9.94. The summed E-state index contributed by atoms with van der Waals surface area (Å²) in [7, 11) is 0. The maximum atomic E-state index is 12.1. The van der Waals surface area contributed by atoms with Crippen LogP contribution in [0.2, 0.25) is 0 Å². The van der Waals surface area contributed by atoms with E-state index in [-0.39, 0.29) is 11.9 Å². The summed E-state index contributed by atoms with van der Waals surface area (Å²) >= 11 is 0. The lowest BCUT2D eigenvalue weighted by Crippen LogP contribution is -2.17. The van der Waals surface area contributed by atoms with E-state index in [2.05, 4.69) is 13.8 Å². The van der Waals surface area contributed by atoms with Crippen molar-refractivity contribution in [3.63, 3.8) is 0 Å². The van der Waals surface area contributed by atoms with E-state index in [9.17, 15) is 4.79 Å². The number of hydrogen-bond donors (Lipinski definition) is 0. The van der Waals surface area contributed by atoms with Gasteiger partial charge >= 0.3 is 5.97 Å². The van der Waals surface area contributed by atoms with Gasteiger partial charge in [0.05, 0.1) is 19.1 Å². The SMILES string of the molecule is CCCOc1ccccc1C(CCC)C(=O)OCC. The van der Waals surface area contributed by atoms with Crippen LogP contribution in [0.4, 0.5) is 0 Å². The van der Waals surface area contributed by atoms with Crippen molar-refractivity contribution < 1.29 is 14.3 Å². The molecule has 0 aliphatic heterocycles. The Labute approximate surface area is 115 Å². The highest BCUT2D eigenvalue weighted by molar-refractivity contribution is 5.79. The number of ether oxygens (including phenoxy) is 2. The molecule has 0 aromatic heterocycles. The molecule has 3 nitrogen and oxygen atoms in total. The largest absolute Gasteiger partial charge is 0.493 e. The molecule has 0 amide bonds. The highest BCUT2D eigenvalue weighted by Crippen LogP contribution is 2.31. The molecule has 0 fully saturated rings. The van der Waals surface area contributed by atoms with E-state index in [4.69, 9.17) is 9.47 Å². The number of para-hydroxylation sites is 1. The summed E-state index contributed by atoms with van der Waals surface area (Å²) < 4.78 is 10.9. The molecule has 0 N–H and O–H groups in total. The highest BCUT2D eigenvalue weighted by Gasteiger charge is 2.24. The molecular weight excluding hydrogens is 240 g/mol. The van der Waals surface area contributed by atoms with Crippen molar-refractivity contribution in [1.29, 1.82) is 0 Å². The van der Waals surface area contributed by atoms with Gasteiger partial charge in [-0.2, -0.15) is 0 Å². The monoisotopic (exact) mass is 264 g/mol. The van der Waals surface area contributed by atoms with Crippen molar-refractivity contribution in [1.82, 2.24) is 0 Å². The zero-order chi connectivity index (χ0) is 14.1. The Morgan fingerprint density at radius 3 is 2.53 bits per heavy atom. The molecule has 3 heteroatoms. The van der Waals surface area contributed by atoms with E-state index in [1.807, 2.05) is 31.2 Å². The highest BCUT2D eigenvalue weighted by atomic mass is 16.5. The summed E-state index contributed by atoms with van der Waals surface area (Å²) in [4.78, 5) is 12.1. The van der Waals surface area contributed by atoms with Gasteiger partial charge in [0, 0.05) is 5.56 Å². The van der Waals surface area contributed by atoms with E-state index in [0.29, 0.717) is 13.2 Å². The van der Waals surface area contributed by atoms with Gasteiger partial charge in [-0.05, 0) is 25.8 Å². The Morgan fingerprint density at radius 2 is 1.89 bits per heavy atom. The molecule has 0 aliphatic carbocycles. The van der Waals surface area contributed by atoms with Crippen LogP contribution in [-0.4, -0.2) is 19.2 Å². The summed E-state index contributed by atoms with van der Waals surface area (Å²) in [6, 6.07) is 7.76. The zero-order valence-corrected chi connectivity index (χ0v) is 12.1. The standard InChI is InChI=1S/C16H24O3/c1-4-9-14(16(17)18-6-3)13-10-7-8-11-15(13)19-12-5-2/h7-8,10-11,14H,4-6,9,12H2,1-3H3. The van der Waals surface area contributed by atoms with Crippen LogP contribution < -0.4 is 4.74 Å². The second-order valence-corrected chi connectivity index (χ2v) is 4.48. The quantitative estimate of drug-likeness (QED) is 0.667. The minimum atomic E-state index is -0.224. The van der Waals surface area contributed by atoms with E-state index in [0.717, 1.165) is 30.6 Å². The lowest BCUT2D eigenvalue weighted by molar-refractivity contribution is -0.145. The second-order valence-electron chi connectivity index (χ2n) is 4.48. The van der Waals surface area contributed by atoms with E-state index < -0.39 is 0 Å². The second kappa shape index (κ2) is 8.57. The Hall–Kier alpha value is -1.51. The summed E-state index contributed by atoms with van der Waals surface area (Å²) in [5.74, 6) is 0.422. The van der Waals surface area contributed by atoms with Crippen LogP contribution in [0.1, 0.15) is 51.5 Å². The van der Waals surface area contributed by atoms with Gasteiger partial charge in [0.1, 0.15) is 5.75 Å². The normalized spacial score (nSPS) is 11.9. The Kier molecular flexibility index (Phi) is 7.01. The van der Waals surface area contributed by atoms with Crippen LogP contribution in [0.15, 0.2) is 24.3 Å². The Bertz CT molecular complexity index is 387. The van der Waals surface area contributed by atoms with Gasteiger partial charge in [-0.15, -0.1) is 0 Å². The molecule has 19 heavy (non-hydrogen) atoms. The first-order valence-electron chi connectivity index (χ1n) is 7.12. The van der Waals surface area contributed by atoms with Gasteiger partial charge in [-0.3, -0.25) is 4.79 Å². The Balaban J connectivity index is 2.97. The molecule has 1 aromatic rings. The first kappa shape index (κ1) is 15.5. The molecular formula is C16H24O3. The van der Waals surface area contributed by atoms with Gasteiger partial charge in [-0.25, -0.2) is 0 Å². The minimum absolute atomic E-state index is 0.156. The topological polar surface area (TPSA) is 35.5 Å². The first-order valence-corrected chi connectivity index (χ1v) is 7.12. The molecule has 0 radical (unpaired) electrons. The fourth-order valence-electron chi connectivity index (χ4n) is 2.04. The summed E-state index contributed by atoms with van der Waals surface area (Å²) in [6.45, 7) is 7.05. The van der Waals surface area contributed by atoms with Crippen LogP contribution in [0.5, 0.6) is 5.75 Å². The van der Waals surface area contributed by atoms with Crippen LogP contribution >= 0.6 is 0 Å². The molecule has 0 saturated carbocycles. The molecule has 1 atom stereocenters. The average molecular weight is 264 g/mol. The maximum absolute atomic E-state index is 12.1. The van der Waals surface area contributed by atoms with Crippen molar-refractivity contribution in [2.24, 2.45) is 0 Å². The molecule has 0 heterocycles. The van der Waals surface area contributed by atoms with Crippen molar-refractivity contribution in [2.45, 2.75) is 46.0 Å². The van der Waals surface area contributed by atoms with Gasteiger partial charge in [0.25, 0.3) is 0 Å². The first-order chi connectivity index (χ1) is 9.24. The minimum Gasteiger partial charge on any atom is -0.493 e. The molecule has 1 rings (SSSR count). The third kappa shape index (κ3) is 4.58. The zero-order valence-electron chi connectivity index (χ0n) is 12.1. The fraction of sp³-hybridized carbons (Fsp3) is 0.562. The third-order valence-electron chi connectivity index (χ3n) is 2.90. The summed E-state index contributed by atoms with van der Waals surface area (Å²) in [5, 5.41) is 0. The van der Waals surface area contributed by atoms with Crippen molar-refractivity contribution in [3.8, 4) is 5.75 Å². The van der Waals surface area contributed by atoms with E-state index in [1.54, 1.807) is 0 Å². The molecule has 1 aromatic carbocycles. The predicted molar refractivity (Wildman–Crippen MR) is 76.5 cm³/mol. The molecule has 106 valence electrons. The summed E-state index contributed by atoms with van der Waals surface area (Å²) in [5.41, 5.74) is 0.941. The lowest BCUT2D eigenvalue weighted by Gasteiger charge is -2.18. The third-order valence-corrected chi connectivity index (χ3v) is 2.90. The number of carbonyl (C=O) groups is 1. The molecule has 0 saturated heterocycles. The number of carbonyl (C=O) groups excluding carboxylic acids is 1. The molecule has 0 bridgehead atoms. The van der Waals surface area contributed by atoms with Crippen molar-refractivity contribution in [3.05, 3.63) is 29.8 Å².